The van der Waals surface area contributed by atoms with Crippen LogP contribution in [-0.4, -0.2) is 19.2 Å². The lowest BCUT2D eigenvalue weighted by Gasteiger charge is -2.43. The van der Waals surface area contributed by atoms with Crippen molar-refractivity contribution >= 4 is 5.97 Å². The number of carbonyl (C=O) groups is 1. The van der Waals surface area contributed by atoms with Crippen LogP contribution in [0.25, 0.3) is 0 Å². The molecule has 112 valence electrons. The minimum atomic E-state index is -0.514. The van der Waals surface area contributed by atoms with E-state index in [1.807, 2.05) is 6.92 Å². The Labute approximate surface area is 118 Å². The lowest BCUT2D eigenvalue weighted by molar-refractivity contribution is -0.165. The van der Waals surface area contributed by atoms with Crippen LogP contribution in [0, 0.1) is 16.2 Å². The Morgan fingerprint density at radius 3 is 1.95 bits per heavy atom. The van der Waals surface area contributed by atoms with Crippen molar-refractivity contribution in [1.82, 2.24) is 0 Å². The van der Waals surface area contributed by atoms with Gasteiger partial charge in [0.1, 0.15) is 13.2 Å². The molecule has 3 nitrogen and oxygen atoms in total. The lowest BCUT2D eigenvalue weighted by Crippen LogP contribution is -2.44. The van der Waals surface area contributed by atoms with E-state index in [0.29, 0.717) is 6.61 Å². The summed E-state index contributed by atoms with van der Waals surface area (Å²) in [6.45, 7) is 18.7. The monoisotopic (exact) mass is 270 g/mol. The van der Waals surface area contributed by atoms with Gasteiger partial charge in [-0.15, -0.1) is 0 Å². The van der Waals surface area contributed by atoms with Crippen molar-refractivity contribution in [3.8, 4) is 0 Å². The Hall–Kier alpha value is -0.990. The van der Waals surface area contributed by atoms with Gasteiger partial charge in [-0.1, -0.05) is 48.1 Å². The molecule has 0 aromatic heterocycles. The third-order valence-electron chi connectivity index (χ3n) is 3.54. The summed E-state index contributed by atoms with van der Waals surface area (Å²) in [5.74, 6) is -0.150. The number of hydrogen-bond acceptors (Lipinski definition) is 3. The number of rotatable bonds is 6. The average molecular weight is 270 g/mol. The molecule has 0 aromatic carbocycles. The van der Waals surface area contributed by atoms with E-state index in [1.54, 1.807) is 0 Å². The van der Waals surface area contributed by atoms with Crippen molar-refractivity contribution in [2.24, 2.45) is 16.2 Å². The summed E-state index contributed by atoms with van der Waals surface area (Å²) in [6.07, 6.45) is 2.14. The average Bonchev–Trinajstić information content (AvgIpc) is 2.20. The summed E-state index contributed by atoms with van der Waals surface area (Å²) < 4.78 is 10.3. The Morgan fingerprint density at radius 1 is 1.05 bits per heavy atom. The topological polar surface area (TPSA) is 35.5 Å². The number of ether oxygens (including phenoxy) is 2. The highest BCUT2D eigenvalue weighted by Crippen LogP contribution is 2.47. The maximum atomic E-state index is 12.4. The van der Waals surface area contributed by atoms with Gasteiger partial charge in [-0.2, -0.15) is 0 Å². The van der Waals surface area contributed by atoms with Crippen LogP contribution in [0.2, 0.25) is 0 Å². The second-order valence-electron chi connectivity index (χ2n) is 7.49. The van der Waals surface area contributed by atoms with E-state index in [1.165, 1.54) is 6.26 Å². The zero-order chi connectivity index (χ0) is 15.3. The van der Waals surface area contributed by atoms with E-state index in [9.17, 15) is 4.79 Å². The first-order chi connectivity index (χ1) is 8.44. The van der Waals surface area contributed by atoms with Crippen LogP contribution in [0.3, 0.4) is 0 Å². The number of esters is 1. The summed E-state index contributed by atoms with van der Waals surface area (Å²) in [5, 5.41) is 0. The number of carbonyl (C=O) groups excluding carboxylic acids is 1. The van der Waals surface area contributed by atoms with E-state index >= 15 is 0 Å². The van der Waals surface area contributed by atoms with Gasteiger partial charge in [-0.3, -0.25) is 4.79 Å². The molecule has 0 heterocycles. The van der Waals surface area contributed by atoms with Crippen LogP contribution in [0.5, 0.6) is 0 Å². The van der Waals surface area contributed by atoms with Crippen molar-refractivity contribution in [3.63, 3.8) is 0 Å². The van der Waals surface area contributed by atoms with E-state index < -0.39 is 5.41 Å². The van der Waals surface area contributed by atoms with Crippen LogP contribution in [-0.2, 0) is 14.3 Å². The van der Waals surface area contributed by atoms with Crippen molar-refractivity contribution in [2.75, 3.05) is 13.2 Å². The highest BCUT2D eigenvalue weighted by molar-refractivity contribution is 5.77. The smallest absolute Gasteiger partial charge is 0.312 e. The molecule has 0 aliphatic heterocycles. The molecule has 0 N–H and O–H groups in total. The molecular weight excluding hydrogens is 240 g/mol. The third-order valence-corrected chi connectivity index (χ3v) is 3.54. The Bertz CT molecular complexity index is 307. The van der Waals surface area contributed by atoms with E-state index in [2.05, 4.69) is 48.1 Å². The Balaban J connectivity index is 4.85. The van der Waals surface area contributed by atoms with Gasteiger partial charge >= 0.3 is 5.97 Å². The van der Waals surface area contributed by atoms with Crippen LogP contribution < -0.4 is 0 Å². The summed E-state index contributed by atoms with van der Waals surface area (Å²) in [7, 11) is 0. The fraction of sp³-hybridized carbons (Fsp3) is 0.812. The zero-order valence-corrected chi connectivity index (χ0v) is 13.6. The molecule has 0 bridgehead atoms. The van der Waals surface area contributed by atoms with E-state index in [-0.39, 0.29) is 23.4 Å². The molecule has 0 fully saturated rings. The van der Waals surface area contributed by atoms with Gasteiger partial charge in [0.2, 0.25) is 0 Å². The second kappa shape index (κ2) is 6.44. The number of hydrogen-bond donors (Lipinski definition) is 0. The first-order valence-electron chi connectivity index (χ1n) is 6.84. The fourth-order valence-electron chi connectivity index (χ4n) is 2.13. The van der Waals surface area contributed by atoms with Gasteiger partial charge in [0, 0.05) is 0 Å². The normalized spacial score (nSPS) is 15.5. The SMILES string of the molecule is C=COCCOC(=O)C(C)(CC(C)(C)C)C(C)(C)C. The molecule has 0 spiro atoms. The lowest BCUT2D eigenvalue weighted by atomic mass is 9.61. The maximum Gasteiger partial charge on any atom is 0.312 e. The van der Waals surface area contributed by atoms with Gasteiger partial charge in [0.05, 0.1) is 11.7 Å². The summed E-state index contributed by atoms with van der Waals surface area (Å²) >= 11 is 0. The highest BCUT2D eigenvalue weighted by atomic mass is 16.6. The molecular formula is C16H30O3. The highest BCUT2D eigenvalue weighted by Gasteiger charge is 2.47. The molecule has 0 aliphatic rings. The molecule has 3 heteroatoms. The predicted octanol–water partition coefficient (Wildman–Crippen LogP) is 4.18. The molecule has 0 saturated carbocycles. The molecule has 0 rings (SSSR count). The fourth-order valence-corrected chi connectivity index (χ4v) is 2.13. The molecule has 0 amide bonds. The first kappa shape index (κ1) is 18.0. The molecule has 0 radical (unpaired) electrons. The van der Waals surface area contributed by atoms with Crippen LogP contribution in [0.1, 0.15) is 54.9 Å². The van der Waals surface area contributed by atoms with Gasteiger partial charge in [-0.25, -0.2) is 0 Å². The zero-order valence-electron chi connectivity index (χ0n) is 13.6. The Morgan fingerprint density at radius 2 is 1.58 bits per heavy atom. The van der Waals surface area contributed by atoms with Gasteiger partial charge in [0.25, 0.3) is 0 Å². The van der Waals surface area contributed by atoms with E-state index in [4.69, 9.17) is 9.47 Å². The van der Waals surface area contributed by atoms with Gasteiger partial charge < -0.3 is 9.47 Å². The standard InChI is InChI=1S/C16H30O3/c1-9-18-10-11-19-13(17)16(8,15(5,6)7)12-14(2,3)4/h9H,1,10-12H2,2-8H3. The largest absolute Gasteiger partial charge is 0.498 e. The molecule has 0 saturated heterocycles. The van der Waals surface area contributed by atoms with Crippen LogP contribution in [0.4, 0.5) is 0 Å². The van der Waals surface area contributed by atoms with Gasteiger partial charge in [-0.05, 0) is 24.2 Å². The second-order valence-corrected chi connectivity index (χ2v) is 7.49. The van der Waals surface area contributed by atoms with Crippen molar-refractivity contribution in [1.29, 1.82) is 0 Å². The van der Waals surface area contributed by atoms with Crippen LogP contribution in [0.15, 0.2) is 12.8 Å². The molecule has 19 heavy (non-hydrogen) atoms. The molecule has 1 atom stereocenters. The third kappa shape index (κ3) is 5.66. The summed E-state index contributed by atoms with van der Waals surface area (Å²) in [5.41, 5.74) is -0.602. The molecule has 0 aliphatic carbocycles. The minimum Gasteiger partial charge on any atom is -0.498 e. The Kier molecular flexibility index (Phi) is 6.11. The van der Waals surface area contributed by atoms with Crippen molar-refractivity contribution in [3.05, 3.63) is 12.8 Å². The van der Waals surface area contributed by atoms with Crippen LogP contribution >= 0.6 is 0 Å². The van der Waals surface area contributed by atoms with E-state index in [0.717, 1.165) is 6.42 Å². The maximum absolute atomic E-state index is 12.4. The molecule has 1 unspecified atom stereocenters. The minimum absolute atomic E-state index is 0.0681. The first-order valence-corrected chi connectivity index (χ1v) is 6.84. The summed E-state index contributed by atoms with van der Waals surface area (Å²) in [4.78, 5) is 12.4. The van der Waals surface area contributed by atoms with Gasteiger partial charge in [0.15, 0.2) is 0 Å². The predicted molar refractivity (Wildman–Crippen MR) is 78.7 cm³/mol. The van der Waals surface area contributed by atoms with Crippen molar-refractivity contribution in [2.45, 2.75) is 54.9 Å². The molecule has 0 aromatic rings. The summed E-state index contributed by atoms with van der Waals surface area (Å²) in [6, 6.07) is 0. The quantitative estimate of drug-likeness (QED) is 0.412. The van der Waals surface area contributed by atoms with Crippen molar-refractivity contribution < 1.29 is 14.3 Å².